The van der Waals surface area contributed by atoms with E-state index in [0.717, 1.165) is 22.5 Å². The highest BCUT2D eigenvalue weighted by atomic mass is 35.7. The molecule has 4 unspecified atom stereocenters. The zero-order chi connectivity index (χ0) is 22.2. The van der Waals surface area contributed by atoms with Gasteiger partial charge in [-0.3, -0.25) is 0 Å². The van der Waals surface area contributed by atoms with E-state index in [1.54, 1.807) is 4.90 Å². The van der Waals surface area contributed by atoms with Crippen molar-refractivity contribution in [2.45, 2.75) is 45.7 Å². The minimum absolute atomic E-state index is 0.505. The predicted molar refractivity (Wildman–Crippen MR) is 73.0 cm³/mol. The van der Waals surface area contributed by atoms with Crippen molar-refractivity contribution in [2.75, 3.05) is 35.2 Å². The molecule has 164 valence electrons. The Bertz CT molecular complexity index is 464. The molecule has 0 spiro atoms. The highest BCUT2D eigenvalue weighted by molar-refractivity contribution is 5.15. The average molecular weight is 439 g/mol. The number of rotatable bonds is 2. The van der Waals surface area contributed by atoms with Crippen LogP contribution in [0.2, 0.25) is 0 Å². The summed E-state index contributed by atoms with van der Waals surface area (Å²) in [5.41, 5.74) is 1.02. The summed E-state index contributed by atoms with van der Waals surface area (Å²) in [6.07, 6.45) is 2.87. The van der Waals surface area contributed by atoms with E-state index in [4.69, 9.17) is 37.3 Å². The molecule has 0 aromatic heterocycles. The fraction of sp³-hybridized carbons (Fsp3) is 1.00. The fourth-order valence-electron chi connectivity index (χ4n) is 5.39. The quantitative estimate of drug-likeness (QED) is 0.410. The second-order valence-corrected chi connectivity index (χ2v) is 10.7. The molecule has 2 rings (SSSR count). The van der Waals surface area contributed by atoms with Crippen LogP contribution in [0.4, 0.5) is 0 Å². The van der Waals surface area contributed by atoms with Gasteiger partial charge in [-0.15, -0.1) is 20.5 Å². The van der Waals surface area contributed by atoms with Crippen LogP contribution >= 0.6 is 0 Å². The zero-order valence-electron chi connectivity index (χ0n) is 17.1. The van der Waals surface area contributed by atoms with E-state index in [0.29, 0.717) is 10.8 Å². The van der Waals surface area contributed by atoms with Gasteiger partial charge in [0, 0.05) is 11.3 Å². The SMILES string of the molecule is C[NH+](C)C1C2CCC(C)(C1[N+](C)(C)C)C2(C)C.[O-][Cl+3]([O-])([O-])[O-].[O-][Cl+3]([O-])([O-])[O-]. The van der Waals surface area contributed by atoms with Crippen molar-refractivity contribution in [3.05, 3.63) is 0 Å². The van der Waals surface area contributed by atoms with E-state index in [-0.39, 0.29) is 0 Å². The highest BCUT2D eigenvalue weighted by Gasteiger charge is 2.72. The van der Waals surface area contributed by atoms with Crippen LogP contribution in [0.15, 0.2) is 0 Å². The Kier molecular flexibility index (Phi) is 8.56. The first-order chi connectivity index (χ1) is 11.5. The maximum atomic E-state index is 8.49. The largest absolute Gasteiger partial charge is 0.332 e. The van der Waals surface area contributed by atoms with Gasteiger partial charge < -0.3 is 9.38 Å². The Morgan fingerprint density at radius 1 is 0.815 bits per heavy atom. The van der Waals surface area contributed by atoms with Crippen LogP contribution < -0.4 is 42.2 Å². The minimum Gasteiger partial charge on any atom is -0.332 e. The van der Waals surface area contributed by atoms with E-state index in [1.807, 2.05) is 0 Å². The monoisotopic (exact) mass is 438 g/mol. The molecule has 0 heterocycles. The summed E-state index contributed by atoms with van der Waals surface area (Å²) in [7, 11) is 1.99. The Labute approximate surface area is 165 Å². The molecule has 10 nitrogen and oxygen atoms in total. The van der Waals surface area contributed by atoms with E-state index >= 15 is 0 Å². The molecule has 0 radical (unpaired) electrons. The number of quaternary nitrogens is 2. The second-order valence-electron chi connectivity index (χ2n) is 9.20. The van der Waals surface area contributed by atoms with Gasteiger partial charge >= 0.3 is 0 Å². The van der Waals surface area contributed by atoms with Crippen molar-refractivity contribution in [1.29, 1.82) is 0 Å². The van der Waals surface area contributed by atoms with E-state index in [1.165, 1.54) is 12.8 Å². The van der Waals surface area contributed by atoms with Gasteiger partial charge in [0.05, 0.1) is 35.2 Å². The van der Waals surface area contributed by atoms with Gasteiger partial charge in [0.2, 0.25) is 0 Å². The topological polar surface area (TPSA) is 189 Å². The van der Waals surface area contributed by atoms with Crippen LogP contribution in [0.1, 0.15) is 33.6 Å². The summed E-state index contributed by atoms with van der Waals surface area (Å²) >= 11 is 0. The molecule has 0 saturated heterocycles. The lowest BCUT2D eigenvalue weighted by Crippen LogP contribution is -3.13. The number of halogens is 2. The first-order valence-electron chi connectivity index (χ1n) is 8.38. The molecule has 4 atom stereocenters. The molecule has 27 heavy (non-hydrogen) atoms. The van der Waals surface area contributed by atoms with Crippen molar-refractivity contribution in [1.82, 2.24) is 0 Å². The summed E-state index contributed by atoms with van der Waals surface area (Å²) in [6.45, 7) is 7.61. The van der Waals surface area contributed by atoms with Crippen molar-refractivity contribution in [2.24, 2.45) is 16.7 Å². The van der Waals surface area contributed by atoms with Gasteiger partial charge in [0.1, 0.15) is 12.1 Å². The van der Waals surface area contributed by atoms with Crippen molar-refractivity contribution < 1.29 is 67.1 Å². The second kappa shape index (κ2) is 8.50. The van der Waals surface area contributed by atoms with Crippen LogP contribution in [0.5, 0.6) is 0 Å². The molecule has 12 heteroatoms. The molecule has 0 amide bonds. The molecule has 2 fully saturated rings. The van der Waals surface area contributed by atoms with Gasteiger partial charge in [-0.25, -0.2) is 37.3 Å². The molecule has 2 aliphatic carbocycles. The molecule has 2 aliphatic rings. The maximum absolute atomic E-state index is 8.49. The Morgan fingerprint density at radius 2 is 1.15 bits per heavy atom. The average Bonchev–Trinajstić information content (AvgIpc) is 2.63. The number of nitrogens with zero attached hydrogens (tertiary/aromatic N) is 1. The molecule has 2 bridgehead atoms. The lowest BCUT2D eigenvalue weighted by Gasteiger charge is -2.47. The molecule has 0 aromatic rings. The first kappa shape index (κ1) is 27.2. The zero-order valence-corrected chi connectivity index (χ0v) is 18.6. The van der Waals surface area contributed by atoms with Crippen LogP contribution in [-0.4, -0.2) is 51.8 Å². The van der Waals surface area contributed by atoms with Gasteiger partial charge in [0.15, 0.2) is 0 Å². The summed E-state index contributed by atoms with van der Waals surface area (Å²) in [6, 6.07) is 1.62. The predicted octanol–water partition coefficient (Wildman–Crippen LogP) is -8.48. The summed E-state index contributed by atoms with van der Waals surface area (Å²) < 4.78 is 69.1. The summed E-state index contributed by atoms with van der Waals surface area (Å²) in [4.78, 5) is 1.66. The number of hydrogen-bond donors (Lipinski definition) is 1. The number of fused-ring (bicyclic) bond motifs is 2. The molecule has 0 aliphatic heterocycles. The van der Waals surface area contributed by atoms with E-state index in [2.05, 4.69) is 56.0 Å². The Morgan fingerprint density at radius 3 is 1.37 bits per heavy atom. The van der Waals surface area contributed by atoms with Crippen molar-refractivity contribution in [3.8, 4) is 0 Å². The van der Waals surface area contributed by atoms with Gasteiger partial charge in [-0.1, -0.05) is 20.8 Å². The van der Waals surface area contributed by atoms with Crippen LogP contribution in [0.25, 0.3) is 0 Å². The fourth-order valence-corrected chi connectivity index (χ4v) is 5.39. The molecule has 1 N–H and O–H groups in total. The number of likely N-dealkylation sites (N-methyl/N-ethyl adjacent to an activating group) is 2. The van der Waals surface area contributed by atoms with Crippen LogP contribution in [-0.2, 0) is 0 Å². The standard InChI is InChI=1S/C15H31N2.2ClHO4/c1-14(2)11-9-10-15(14,3)13(17(6,7)8)12(11)16(4)5;2*2-1(3,4)5/h11-13H,9-10H2,1-8H3;2*(H,2,3,4,5)/q+1;;/p-1. The third-order valence-corrected chi connectivity index (χ3v) is 6.30. The van der Waals surface area contributed by atoms with E-state index < -0.39 is 20.5 Å². The lowest BCUT2D eigenvalue weighted by molar-refractivity contribution is -2.00. The minimum atomic E-state index is -4.94. The maximum Gasteiger partial charge on any atom is 0.147 e. The molecular formula is C15H32Cl2N2O8. The van der Waals surface area contributed by atoms with Crippen LogP contribution in [0.3, 0.4) is 0 Å². The van der Waals surface area contributed by atoms with Crippen molar-refractivity contribution in [3.63, 3.8) is 0 Å². The van der Waals surface area contributed by atoms with Gasteiger partial charge in [0.25, 0.3) is 0 Å². The number of nitrogens with one attached hydrogen (secondary N) is 1. The molecule has 0 aromatic carbocycles. The third kappa shape index (κ3) is 7.50. The van der Waals surface area contributed by atoms with Crippen molar-refractivity contribution >= 4 is 0 Å². The molecular weight excluding hydrogens is 407 g/mol. The Hall–Kier alpha value is 0.180. The first-order valence-corrected chi connectivity index (χ1v) is 10.8. The lowest BCUT2D eigenvalue weighted by atomic mass is 9.68. The van der Waals surface area contributed by atoms with E-state index in [9.17, 15) is 0 Å². The smallest absolute Gasteiger partial charge is 0.147 e. The van der Waals surface area contributed by atoms with Crippen LogP contribution in [0, 0.1) is 37.2 Å². The normalized spacial score (nSPS) is 32.6. The summed E-state index contributed by atoms with van der Waals surface area (Å²) in [5, 5.41) is 0. The number of hydrogen-bond acceptors (Lipinski definition) is 8. The Balaban J connectivity index is 0.000000563. The summed E-state index contributed by atoms with van der Waals surface area (Å²) in [5.74, 6) is 0.903. The highest BCUT2D eigenvalue weighted by Crippen LogP contribution is 2.66. The van der Waals surface area contributed by atoms with Gasteiger partial charge in [-0.05, 0) is 18.3 Å². The molecule has 2 saturated carbocycles. The van der Waals surface area contributed by atoms with Gasteiger partial charge in [-0.2, -0.15) is 0 Å². The third-order valence-electron chi connectivity index (χ3n) is 6.30.